The molecular weight excluding hydrogens is 284 g/mol. The summed E-state index contributed by atoms with van der Waals surface area (Å²) in [4.78, 5) is 23.4. The summed E-state index contributed by atoms with van der Waals surface area (Å²) >= 11 is 6.10. The molecule has 20 heavy (non-hydrogen) atoms. The molecule has 2 aromatic heterocycles. The molecule has 8 heteroatoms. The molecule has 0 amide bonds. The van der Waals surface area contributed by atoms with Crippen LogP contribution in [0.15, 0.2) is 25.0 Å². The van der Waals surface area contributed by atoms with Crippen molar-refractivity contribution in [3.63, 3.8) is 0 Å². The Morgan fingerprint density at radius 1 is 1.50 bits per heavy atom. The Morgan fingerprint density at radius 3 is 3.15 bits per heavy atom. The zero-order chi connectivity index (χ0) is 14.1. The van der Waals surface area contributed by atoms with Crippen LogP contribution in [0.25, 0.3) is 11.2 Å². The van der Waals surface area contributed by atoms with E-state index in [1.54, 1.807) is 23.2 Å². The minimum atomic E-state index is -0.453. The molecule has 0 aromatic carbocycles. The maximum absolute atomic E-state index is 11.2. The zero-order valence-corrected chi connectivity index (χ0v) is 11.3. The molecule has 0 N–H and O–H groups in total. The fraction of sp³-hybridized carbons (Fsp3) is 0.333. The van der Waals surface area contributed by atoms with Gasteiger partial charge in [0, 0.05) is 6.92 Å². The first-order chi connectivity index (χ1) is 9.66. The minimum absolute atomic E-state index is 0.263. The summed E-state index contributed by atoms with van der Waals surface area (Å²) in [6.45, 7) is 1.63. The molecule has 3 heterocycles. The van der Waals surface area contributed by atoms with E-state index in [1.165, 1.54) is 13.3 Å². The molecule has 0 saturated heterocycles. The molecule has 1 aliphatic heterocycles. The number of carbonyl (C=O) groups is 1. The van der Waals surface area contributed by atoms with Gasteiger partial charge in [-0.2, -0.15) is 0 Å². The number of imidazole rings is 1. The van der Waals surface area contributed by atoms with Crippen molar-refractivity contribution in [2.45, 2.75) is 19.1 Å². The van der Waals surface area contributed by atoms with Gasteiger partial charge < -0.3 is 14.0 Å². The van der Waals surface area contributed by atoms with Crippen molar-refractivity contribution >= 4 is 28.7 Å². The van der Waals surface area contributed by atoms with Crippen molar-refractivity contribution in [1.29, 1.82) is 0 Å². The summed E-state index contributed by atoms with van der Waals surface area (Å²) in [5.41, 5.74) is 1.09. The Labute approximate surface area is 119 Å². The fourth-order valence-corrected chi connectivity index (χ4v) is 2.39. The van der Waals surface area contributed by atoms with Crippen molar-refractivity contribution in [2.75, 3.05) is 6.61 Å². The largest absolute Gasteiger partial charge is 0.497 e. The predicted molar refractivity (Wildman–Crippen MR) is 70.0 cm³/mol. The van der Waals surface area contributed by atoms with Gasteiger partial charge in [0.15, 0.2) is 16.9 Å². The number of carbonyl (C=O) groups excluding carboxylic acids is 1. The second-order valence-electron chi connectivity index (χ2n) is 4.29. The van der Waals surface area contributed by atoms with E-state index < -0.39 is 6.10 Å². The Balaban J connectivity index is 2.06. The van der Waals surface area contributed by atoms with Gasteiger partial charge in [0.1, 0.15) is 18.5 Å². The number of halogens is 1. The van der Waals surface area contributed by atoms with Gasteiger partial charge in [-0.25, -0.2) is 15.0 Å². The molecule has 104 valence electrons. The van der Waals surface area contributed by atoms with Gasteiger partial charge >= 0.3 is 5.97 Å². The summed E-state index contributed by atoms with van der Waals surface area (Å²) < 4.78 is 12.2. The maximum atomic E-state index is 11.2. The smallest absolute Gasteiger partial charge is 0.303 e. The number of hydrogen-bond donors (Lipinski definition) is 0. The third kappa shape index (κ3) is 2.20. The number of hydrogen-bond acceptors (Lipinski definition) is 6. The summed E-state index contributed by atoms with van der Waals surface area (Å²) in [5, 5.41) is 0.300. The maximum Gasteiger partial charge on any atom is 0.303 e. The third-order valence-corrected chi connectivity index (χ3v) is 3.25. The van der Waals surface area contributed by atoms with Crippen molar-refractivity contribution in [3.8, 4) is 0 Å². The highest BCUT2D eigenvalue weighted by molar-refractivity contribution is 6.33. The lowest BCUT2D eigenvalue weighted by molar-refractivity contribution is -0.151. The van der Waals surface area contributed by atoms with Crippen LogP contribution >= 0.6 is 11.6 Å². The van der Waals surface area contributed by atoms with Crippen LogP contribution in [0.4, 0.5) is 0 Å². The number of esters is 1. The summed E-state index contributed by atoms with van der Waals surface area (Å²) in [7, 11) is 0. The Hall–Kier alpha value is -2.15. The minimum Gasteiger partial charge on any atom is -0.497 e. The number of rotatable bonds is 2. The Bertz CT molecular complexity index is 684. The van der Waals surface area contributed by atoms with Crippen LogP contribution in [-0.4, -0.2) is 38.2 Å². The summed E-state index contributed by atoms with van der Waals surface area (Å²) in [6.07, 6.45) is 5.84. The third-order valence-electron chi connectivity index (χ3n) is 2.97. The van der Waals surface area contributed by atoms with E-state index in [-0.39, 0.29) is 18.6 Å². The quantitative estimate of drug-likeness (QED) is 0.617. The molecule has 0 spiro atoms. The zero-order valence-electron chi connectivity index (χ0n) is 10.6. The number of fused-ring (bicyclic) bond motifs is 1. The van der Waals surface area contributed by atoms with Crippen molar-refractivity contribution in [2.24, 2.45) is 0 Å². The van der Waals surface area contributed by atoms with Crippen molar-refractivity contribution in [3.05, 3.63) is 30.1 Å². The highest BCUT2D eigenvalue weighted by Gasteiger charge is 2.29. The number of ether oxygens (including phenoxy) is 2. The van der Waals surface area contributed by atoms with Crippen LogP contribution in [0.2, 0.25) is 5.15 Å². The number of nitrogens with zero attached hydrogens (tertiary/aromatic N) is 4. The number of aromatic nitrogens is 4. The van der Waals surface area contributed by atoms with Gasteiger partial charge in [0.2, 0.25) is 0 Å². The van der Waals surface area contributed by atoms with E-state index in [4.69, 9.17) is 21.1 Å². The standard InChI is InChI=1S/C12H11ClN4O3/c1-7(18)20-9-4-19-3-2-8(9)17-6-16-12-10(17)11(13)14-5-15-12/h2-3,5-6,8-9H,4H2,1H3/t8-,9-/m1/s1. The van der Waals surface area contributed by atoms with Gasteiger partial charge in [-0.05, 0) is 6.08 Å². The average Bonchev–Trinajstić information content (AvgIpc) is 2.84. The molecule has 2 aromatic rings. The van der Waals surface area contributed by atoms with Crippen molar-refractivity contribution in [1.82, 2.24) is 19.5 Å². The molecule has 7 nitrogen and oxygen atoms in total. The molecule has 0 radical (unpaired) electrons. The first-order valence-electron chi connectivity index (χ1n) is 5.95. The normalized spacial score (nSPS) is 21.7. The SMILES string of the molecule is CC(=O)O[C@@H]1COC=C[C@H]1n1cnc2ncnc(Cl)c21. The second kappa shape index (κ2) is 5.09. The van der Waals surface area contributed by atoms with Crippen LogP contribution in [0.1, 0.15) is 13.0 Å². The first-order valence-corrected chi connectivity index (χ1v) is 6.33. The van der Waals surface area contributed by atoms with Gasteiger partial charge in [-0.3, -0.25) is 4.79 Å². The molecule has 0 aliphatic carbocycles. The summed E-state index contributed by atoms with van der Waals surface area (Å²) in [5.74, 6) is -0.370. The molecule has 2 atom stereocenters. The van der Waals surface area contributed by atoms with E-state index in [1.807, 2.05) is 0 Å². The van der Waals surface area contributed by atoms with Crippen LogP contribution in [-0.2, 0) is 14.3 Å². The van der Waals surface area contributed by atoms with Crippen LogP contribution in [0.3, 0.4) is 0 Å². The Morgan fingerprint density at radius 2 is 2.35 bits per heavy atom. The van der Waals surface area contributed by atoms with Gasteiger partial charge in [0.05, 0.1) is 18.6 Å². The second-order valence-corrected chi connectivity index (χ2v) is 4.65. The van der Waals surface area contributed by atoms with Crippen LogP contribution in [0, 0.1) is 0 Å². The van der Waals surface area contributed by atoms with Gasteiger partial charge in [-0.1, -0.05) is 11.6 Å². The molecule has 0 saturated carbocycles. The highest BCUT2D eigenvalue weighted by atomic mass is 35.5. The van der Waals surface area contributed by atoms with E-state index in [9.17, 15) is 4.79 Å². The van der Waals surface area contributed by atoms with Crippen LogP contribution in [0.5, 0.6) is 0 Å². The summed E-state index contributed by atoms with van der Waals surface area (Å²) in [6, 6.07) is -0.263. The first kappa shape index (κ1) is 12.9. The lowest BCUT2D eigenvalue weighted by Gasteiger charge is -2.28. The van der Waals surface area contributed by atoms with E-state index in [2.05, 4.69) is 15.0 Å². The van der Waals surface area contributed by atoms with Crippen molar-refractivity contribution < 1.29 is 14.3 Å². The lowest BCUT2D eigenvalue weighted by Crippen LogP contribution is -2.33. The van der Waals surface area contributed by atoms with Crippen LogP contribution < -0.4 is 0 Å². The molecule has 0 unspecified atom stereocenters. The van der Waals surface area contributed by atoms with E-state index in [0.29, 0.717) is 16.3 Å². The van der Waals surface area contributed by atoms with Gasteiger partial charge in [-0.15, -0.1) is 0 Å². The highest BCUT2D eigenvalue weighted by Crippen LogP contribution is 2.28. The van der Waals surface area contributed by atoms with Gasteiger partial charge in [0.25, 0.3) is 0 Å². The van der Waals surface area contributed by atoms with E-state index in [0.717, 1.165) is 0 Å². The molecule has 3 rings (SSSR count). The monoisotopic (exact) mass is 294 g/mol. The fourth-order valence-electron chi connectivity index (χ4n) is 2.16. The lowest BCUT2D eigenvalue weighted by atomic mass is 10.1. The average molecular weight is 295 g/mol. The molecular formula is C12H11ClN4O3. The topological polar surface area (TPSA) is 79.1 Å². The Kier molecular flexibility index (Phi) is 3.27. The molecule has 0 fully saturated rings. The molecule has 1 aliphatic rings. The van der Waals surface area contributed by atoms with E-state index >= 15 is 0 Å². The predicted octanol–water partition coefficient (Wildman–Crippen LogP) is 1.50. The molecule has 0 bridgehead atoms.